The molecule has 1 aliphatic heterocycles. The summed E-state index contributed by atoms with van der Waals surface area (Å²) in [7, 11) is 1.64. The molecule has 2 N–H and O–H groups in total. The predicted octanol–water partition coefficient (Wildman–Crippen LogP) is 2.88. The second-order valence-electron chi connectivity index (χ2n) is 6.28. The van der Waals surface area contributed by atoms with Gasteiger partial charge in [0, 0.05) is 24.2 Å². The van der Waals surface area contributed by atoms with Crippen molar-refractivity contribution >= 4 is 35.0 Å². The van der Waals surface area contributed by atoms with Gasteiger partial charge in [-0.25, -0.2) is 4.79 Å². The molecule has 6 nitrogen and oxygen atoms in total. The summed E-state index contributed by atoms with van der Waals surface area (Å²) in [6.07, 6.45) is -1.12. The minimum absolute atomic E-state index is 0.195. The van der Waals surface area contributed by atoms with Crippen molar-refractivity contribution in [3.63, 3.8) is 0 Å². The molecule has 1 atom stereocenters. The molecule has 7 heteroatoms. The van der Waals surface area contributed by atoms with Crippen LogP contribution in [-0.4, -0.2) is 47.2 Å². The smallest absolute Gasteiger partial charge is 0.408 e. The number of carbonyl (C=O) groups excluding carboxylic acids is 1. The minimum atomic E-state index is -1.12. The molecule has 0 unspecified atom stereocenters. The monoisotopic (exact) mass is 325 g/mol. The zero-order valence-electron chi connectivity index (χ0n) is 13.1. The van der Waals surface area contributed by atoms with Crippen LogP contribution in [0.15, 0.2) is 18.2 Å². The summed E-state index contributed by atoms with van der Waals surface area (Å²) in [6.45, 7) is 5.50. The summed E-state index contributed by atoms with van der Waals surface area (Å²) in [4.78, 5) is 27.0. The largest absolute Gasteiger partial charge is 0.465 e. The molecule has 0 bridgehead atoms. The van der Waals surface area contributed by atoms with Crippen LogP contribution in [0.5, 0.6) is 0 Å². The van der Waals surface area contributed by atoms with E-state index in [1.54, 1.807) is 46.0 Å². The van der Waals surface area contributed by atoms with Gasteiger partial charge in [-0.3, -0.25) is 9.69 Å². The fraction of sp³-hybridized carbons (Fsp3) is 0.467. The fourth-order valence-corrected chi connectivity index (χ4v) is 2.84. The maximum absolute atomic E-state index is 12.7. The van der Waals surface area contributed by atoms with Gasteiger partial charge in [0.05, 0.1) is 11.4 Å². The molecule has 1 heterocycles. The van der Waals surface area contributed by atoms with E-state index >= 15 is 0 Å². The molecule has 0 spiro atoms. The molecule has 1 aromatic rings. The lowest BCUT2D eigenvalue weighted by atomic mass is 10.0. The Kier molecular flexibility index (Phi) is 4.24. The zero-order chi connectivity index (χ0) is 16.7. The Hall–Kier alpha value is -1.95. The van der Waals surface area contributed by atoms with E-state index in [4.69, 9.17) is 11.6 Å². The van der Waals surface area contributed by atoms with Gasteiger partial charge in [0.2, 0.25) is 0 Å². The van der Waals surface area contributed by atoms with Crippen molar-refractivity contribution < 1.29 is 14.7 Å². The SMILES string of the molecule is CN1C(=O)[C@H](N(C(=O)O)C(C)(C)C)CNc2cc(Cl)ccc21. The van der Waals surface area contributed by atoms with Crippen LogP contribution in [0, 0.1) is 0 Å². The van der Waals surface area contributed by atoms with Crippen molar-refractivity contribution in [1.29, 1.82) is 0 Å². The number of benzene rings is 1. The van der Waals surface area contributed by atoms with Gasteiger partial charge in [0.1, 0.15) is 6.04 Å². The predicted molar refractivity (Wildman–Crippen MR) is 86.8 cm³/mol. The van der Waals surface area contributed by atoms with Crippen molar-refractivity contribution in [2.75, 3.05) is 23.8 Å². The van der Waals surface area contributed by atoms with Gasteiger partial charge in [-0.15, -0.1) is 0 Å². The summed E-state index contributed by atoms with van der Waals surface area (Å²) < 4.78 is 0. The first-order valence-electron chi connectivity index (χ1n) is 6.96. The Balaban J connectivity index is 2.43. The zero-order valence-corrected chi connectivity index (χ0v) is 13.8. The molecule has 0 saturated carbocycles. The van der Waals surface area contributed by atoms with Crippen LogP contribution in [0.1, 0.15) is 20.8 Å². The van der Waals surface area contributed by atoms with E-state index in [2.05, 4.69) is 5.32 Å². The first kappa shape index (κ1) is 16.4. The number of likely N-dealkylation sites (N-methyl/N-ethyl adjacent to an activating group) is 1. The molecule has 22 heavy (non-hydrogen) atoms. The van der Waals surface area contributed by atoms with E-state index in [0.29, 0.717) is 16.4 Å². The first-order chi connectivity index (χ1) is 10.1. The Labute approximate surface area is 134 Å². The van der Waals surface area contributed by atoms with Crippen molar-refractivity contribution in [3.05, 3.63) is 23.2 Å². The van der Waals surface area contributed by atoms with E-state index in [-0.39, 0.29) is 12.5 Å². The number of rotatable bonds is 1. The van der Waals surface area contributed by atoms with Gasteiger partial charge in [-0.2, -0.15) is 0 Å². The fourth-order valence-electron chi connectivity index (χ4n) is 2.67. The highest BCUT2D eigenvalue weighted by Gasteiger charge is 2.40. The van der Waals surface area contributed by atoms with E-state index in [9.17, 15) is 14.7 Å². The van der Waals surface area contributed by atoms with Gasteiger partial charge in [-0.05, 0) is 39.0 Å². The van der Waals surface area contributed by atoms with Gasteiger partial charge < -0.3 is 15.3 Å². The van der Waals surface area contributed by atoms with Gasteiger partial charge in [-0.1, -0.05) is 11.6 Å². The van der Waals surface area contributed by atoms with Gasteiger partial charge >= 0.3 is 6.09 Å². The third kappa shape index (κ3) is 2.97. The lowest BCUT2D eigenvalue weighted by Crippen LogP contribution is -2.58. The molecule has 1 aromatic carbocycles. The number of fused-ring (bicyclic) bond motifs is 1. The highest BCUT2D eigenvalue weighted by Crippen LogP contribution is 2.32. The van der Waals surface area contributed by atoms with Crippen molar-refractivity contribution in [3.8, 4) is 0 Å². The summed E-state index contributed by atoms with van der Waals surface area (Å²) in [6, 6.07) is 4.36. The Morgan fingerprint density at radius 1 is 1.45 bits per heavy atom. The van der Waals surface area contributed by atoms with Crippen molar-refractivity contribution in [2.45, 2.75) is 32.4 Å². The molecule has 0 fully saturated rings. The normalized spacial score (nSPS) is 18.3. The number of anilines is 2. The average molecular weight is 326 g/mol. The number of hydrogen-bond donors (Lipinski definition) is 2. The van der Waals surface area contributed by atoms with E-state index in [1.807, 2.05) is 0 Å². The molecule has 1 aliphatic rings. The Morgan fingerprint density at radius 2 is 2.09 bits per heavy atom. The Morgan fingerprint density at radius 3 is 2.64 bits per heavy atom. The molecular formula is C15H20ClN3O3. The number of carbonyl (C=O) groups is 2. The number of halogens is 1. The molecule has 120 valence electrons. The van der Waals surface area contributed by atoms with Crippen molar-refractivity contribution in [2.24, 2.45) is 0 Å². The third-order valence-electron chi connectivity index (χ3n) is 3.66. The number of hydrogen-bond acceptors (Lipinski definition) is 3. The van der Waals surface area contributed by atoms with Crippen LogP contribution >= 0.6 is 11.6 Å². The molecule has 0 radical (unpaired) electrons. The number of amides is 2. The lowest BCUT2D eigenvalue weighted by Gasteiger charge is -2.39. The topological polar surface area (TPSA) is 72.9 Å². The standard InChI is InChI=1S/C15H20ClN3O3/c1-15(2,3)19(14(21)22)12-8-17-10-7-9(16)5-6-11(10)18(4)13(12)20/h5-7,12,17H,8H2,1-4H3,(H,21,22)/t12-/m1/s1. The van der Waals surface area contributed by atoms with Crippen LogP contribution in [0.3, 0.4) is 0 Å². The number of nitrogens with one attached hydrogen (secondary N) is 1. The van der Waals surface area contributed by atoms with Crippen LogP contribution in [-0.2, 0) is 4.79 Å². The number of carboxylic acid groups (broad SMARTS) is 1. The van der Waals surface area contributed by atoms with Gasteiger partial charge in [0.15, 0.2) is 0 Å². The van der Waals surface area contributed by atoms with E-state index < -0.39 is 17.7 Å². The lowest BCUT2D eigenvalue weighted by molar-refractivity contribution is -0.124. The molecular weight excluding hydrogens is 306 g/mol. The first-order valence-corrected chi connectivity index (χ1v) is 7.34. The maximum Gasteiger partial charge on any atom is 0.408 e. The molecule has 0 saturated heterocycles. The molecule has 2 rings (SSSR count). The second-order valence-corrected chi connectivity index (χ2v) is 6.72. The van der Waals surface area contributed by atoms with E-state index in [1.165, 1.54) is 9.80 Å². The van der Waals surface area contributed by atoms with Crippen molar-refractivity contribution in [1.82, 2.24) is 4.90 Å². The molecule has 0 aromatic heterocycles. The highest BCUT2D eigenvalue weighted by atomic mass is 35.5. The average Bonchev–Trinajstić information content (AvgIpc) is 2.49. The minimum Gasteiger partial charge on any atom is -0.465 e. The second kappa shape index (κ2) is 5.68. The van der Waals surface area contributed by atoms with Crippen LogP contribution < -0.4 is 10.2 Å². The maximum atomic E-state index is 12.7. The highest BCUT2D eigenvalue weighted by molar-refractivity contribution is 6.31. The van der Waals surface area contributed by atoms with Crippen LogP contribution in [0.4, 0.5) is 16.2 Å². The van der Waals surface area contributed by atoms with E-state index in [0.717, 1.165) is 0 Å². The summed E-state index contributed by atoms with van der Waals surface area (Å²) in [5.41, 5.74) is 0.698. The summed E-state index contributed by atoms with van der Waals surface area (Å²) in [5, 5.41) is 13.2. The number of nitrogens with zero attached hydrogens (tertiary/aromatic N) is 2. The van der Waals surface area contributed by atoms with Gasteiger partial charge in [0.25, 0.3) is 5.91 Å². The Bertz CT molecular complexity index is 613. The quantitative estimate of drug-likeness (QED) is 0.832. The summed E-state index contributed by atoms with van der Waals surface area (Å²) in [5.74, 6) is -0.272. The molecule has 2 amide bonds. The van der Waals surface area contributed by atoms with Crippen LogP contribution in [0.25, 0.3) is 0 Å². The van der Waals surface area contributed by atoms with Crippen LogP contribution in [0.2, 0.25) is 5.02 Å². The summed E-state index contributed by atoms with van der Waals surface area (Å²) >= 11 is 5.99. The molecule has 0 aliphatic carbocycles. The third-order valence-corrected chi connectivity index (χ3v) is 3.90.